The van der Waals surface area contributed by atoms with Crippen LogP contribution >= 0.6 is 0 Å². The van der Waals surface area contributed by atoms with E-state index in [9.17, 15) is 0 Å². The molecule has 4 heteroatoms. The van der Waals surface area contributed by atoms with Gasteiger partial charge in [0.1, 0.15) is 5.65 Å². The second-order valence-corrected chi connectivity index (χ2v) is 8.15. The first-order valence-corrected chi connectivity index (χ1v) is 10.8. The smallest absolute Gasteiger partial charge is 0.137 e. The van der Waals surface area contributed by atoms with Gasteiger partial charge < -0.3 is 16.0 Å². The summed E-state index contributed by atoms with van der Waals surface area (Å²) in [6, 6.07) is 12.4. The number of nitrogens with one attached hydrogen (secondary N) is 2. The highest BCUT2D eigenvalue weighted by molar-refractivity contribution is 5.78. The first kappa shape index (κ1) is 20.7. The third-order valence-corrected chi connectivity index (χ3v) is 6.05. The Bertz CT molecular complexity index is 1140. The summed E-state index contributed by atoms with van der Waals surface area (Å²) in [5.41, 5.74) is 14.5. The Balaban J connectivity index is 1.57. The minimum absolute atomic E-state index is 0.575. The number of aromatic nitrogens is 2. The largest absolute Gasteiger partial charge is 0.398 e. The van der Waals surface area contributed by atoms with Gasteiger partial charge in [0.2, 0.25) is 0 Å². The summed E-state index contributed by atoms with van der Waals surface area (Å²) in [6.45, 7) is 10.2. The van der Waals surface area contributed by atoms with E-state index in [0.29, 0.717) is 5.92 Å². The predicted molar refractivity (Wildman–Crippen MR) is 131 cm³/mol. The Morgan fingerprint density at radius 1 is 1.29 bits per heavy atom. The maximum Gasteiger partial charge on any atom is 0.137 e. The van der Waals surface area contributed by atoms with Crippen molar-refractivity contribution in [3.8, 4) is 0 Å². The number of rotatable bonds is 8. The summed E-state index contributed by atoms with van der Waals surface area (Å²) >= 11 is 0. The molecule has 0 amide bonds. The van der Waals surface area contributed by atoms with Gasteiger partial charge in [-0.1, -0.05) is 31.7 Å². The second kappa shape index (κ2) is 9.09. The fourth-order valence-corrected chi connectivity index (χ4v) is 3.94. The molecule has 2 heterocycles. The van der Waals surface area contributed by atoms with E-state index in [1.807, 2.05) is 25.1 Å². The number of H-pyrrole nitrogens is 1. The van der Waals surface area contributed by atoms with Gasteiger partial charge in [-0.3, -0.25) is 0 Å². The average Bonchev–Trinajstić information content (AvgIpc) is 3.14. The minimum atomic E-state index is 0.575. The van der Waals surface area contributed by atoms with Crippen LogP contribution in [-0.2, 0) is 6.42 Å². The molecule has 1 saturated carbocycles. The highest BCUT2D eigenvalue weighted by atomic mass is 14.9. The summed E-state index contributed by atoms with van der Waals surface area (Å²) in [5, 5.41) is 4.56. The molecule has 0 unspecified atom stereocenters. The molecule has 0 bridgehead atoms. The number of nitrogen functional groups attached to an aromatic ring is 1. The lowest BCUT2D eigenvalue weighted by Crippen LogP contribution is -2.23. The van der Waals surface area contributed by atoms with E-state index >= 15 is 0 Å². The Hall–Kier alpha value is -3.53. The molecule has 1 aliphatic carbocycles. The zero-order valence-electron chi connectivity index (χ0n) is 18.1. The third kappa shape index (κ3) is 4.64. The summed E-state index contributed by atoms with van der Waals surface area (Å²) in [5.74, 6) is 0.575. The molecule has 4 nitrogen and oxygen atoms in total. The van der Waals surface area contributed by atoms with Crippen molar-refractivity contribution in [2.24, 2.45) is 5.92 Å². The maximum atomic E-state index is 6.32. The summed E-state index contributed by atoms with van der Waals surface area (Å²) < 4.78 is 0. The van der Waals surface area contributed by atoms with Crippen LogP contribution < -0.4 is 11.1 Å². The predicted octanol–water partition coefficient (Wildman–Crippen LogP) is 6.11. The van der Waals surface area contributed by atoms with Crippen molar-refractivity contribution in [1.82, 2.24) is 15.3 Å². The van der Waals surface area contributed by atoms with Crippen molar-refractivity contribution in [2.75, 3.05) is 5.73 Å². The Morgan fingerprint density at radius 3 is 2.81 bits per heavy atom. The minimum Gasteiger partial charge on any atom is -0.398 e. The zero-order valence-corrected chi connectivity index (χ0v) is 18.1. The SMILES string of the molecule is C=C/C(=C\C(=C/C)c1ccc(N)c(Cc2cc3cccnc3[nH]2)c1)NC(=C)C1CCC1. The molecule has 158 valence electrons. The van der Waals surface area contributed by atoms with E-state index in [1.165, 1.54) is 19.3 Å². The van der Waals surface area contributed by atoms with E-state index in [0.717, 1.165) is 56.9 Å². The van der Waals surface area contributed by atoms with Gasteiger partial charge in [0.05, 0.1) is 0 Å². The van der Waals surface area contributed by atoms with Gasteiger partial charge in [-0.2, -0.15) is 0 Å². The van der Waals surface area contributed by atoms with Gasteiger partial charge >= 0.3 is 0 Å². The number of hydrogen-bond donors (Lipinski definition) is 3. The van der Waals surface area contributed by atoms with E-state index in [1.54, 1.807) is 6.20 Å². The van der Waals surface area contributed by atoms with Gasteiger partial charge in [-0.05, 0) is 84.9 Å². The maximum absolute atomic E-state index is 6.32. The standard InChI is InChI=1S/C27H30N4/c1-4-19(15-24(5-2)30-18(3)20-8-6-9-20)21-11-12-26(28)23(14-21)17-25-16-22-10-7-13-29-27(22)31-25/h4-5,7,10-16,20,30H,2-3,6,8-9,17,28H2,1H3,(H,29,31)/b19-4+,24-15+. The van der Waals surface area contributed by atoms with Crippen molar-refractivity contribution in [1.29, 1.82) is 0 Å². The van der Waals surface area contributed by atoms with Gasteiger partial charge in [-0.25, -0.2) is 4.98 Å². The van der Waals surface area contributed by atoms with E-state index in [-0.39, 0.29) is 0 Å². The van der Waals surface area contributed by atoms with Crippen LogP contribution in [0.4, 0.5) is 5.69 Å². The first-order chi connectivity index (χ1) is 15.1. The lowest BCUT2D eigenvalue weighted by atomic mass is 9.83. The fraction of sp³-hybridized carbons (Fsp3) is 0.222. The van der Waals surface area contributed by atoms with Gasteiger partial charge in [0.25, 0.3) is 0 Å². The van der Waals surface area contributed by atoms with Gasteiger partial charge in [0, 0.05) is 40.8 Å². The van der Waals surface area contributed by atoms with Crippen LogP contribution in [-0.4, -0.2) is 9.97 Å². The van der Waals surface area contributed by atoms with Crippen LogP contribution in [0.2, 0.25) is 0 Å². The fourth-order valence-electron chi connectivity index (χ4n) is 3.94. The van der Waals surface area contributed by atoms with Crippen molar-refractivity contribution in [3.63, 3.8) is 0 Å². The molecule has 1 aliphatic rings. The molecule has 2 aromatic heterocycles. The van der Waals surface area contributed by atoms with Gasteiger partial charge in [-0.15, -0.1) is 0 Å². The summed E-state index contributed by atoms with van der Waals surface area (Å²) in [6.07, 6.45) is 12.3. The summed E-state index contributed by atoms with van der Waals surface area (Å²) in [4.78, 5) is 7.78. The van der Waals surface area contributed by atoms with Crippen LogP contribution in [0, 0.1) is 5.92 Å². The molecule has 31 heavy (non-hydrogen) atoms. The van der Waals surface area contributed by atoms with Crippen molar-refractivity contribution >= 4 is 22.3 Å². The Labute approximate surface area is 184 Å². The number of nitrogens with two attached hydrogens (primary N) is 1. The highest BCUT2D eigenvalue weighted by Crippen LogP contribution is 2.32. The van der Waals surface area contributed by atoms with E-state index < -0.39 is 0 Å². The monoisotopic (exact) mass is 410 g/mol. The van der Waals surface area contributed by atoms with E-state index in [2.05, 4.69) is 64.9 Å². The number of benzene rings is 1. The molecule has 0 saturated heterocycles. The molecular formula is C27H30N4. The van der Waals surface area contributed by atoms with Crippen LogP contribution in [0.15, 0.2) is 85.4 Å². The number of hydrogen-bond acceptors (Lipinski definition) is 3. The average molecular weight is 411 g/mol. The number of nitrogens with zero attached hydrogens (tertiary/aromatic N) is 1. The molecule has 4 rings (SSSR count). The molecule has 0 atom stereocenters. The number of aromatic amines is 1. The first-order valence-electron chi connectivity index (χ1n) is 10.8. The lowest BCUT2D eigenvalue weighted by Gasteiger charge is -2.28. The molecule has 1 fully saturated rings. The van der Waals surface area contributed by atoms with Crippen LogP contribution in [0.25, 0.3) is 16.6 Å². The van der Waals surface area contributed by atoms with Crippen LogP contribution in [0.1, 0.15) is 43.0 Å². The van der Waals surface area contributed by atoms with Crippen LogP contribution in [0.3, 0.4) is 0 Å². The number of fused-ring (bicyclic) bond motifs is 1. The molecule has 0 radical (unpaired) electrons. The van der Waals surface area contributed by atoms with Crippen LogP contribution in [0.5, 0.6) is 0 Å². The second-order valence-electron chi connectivity index (χ2n) is 8.15. The Kier molecular flexibility index (Phi) is 6.08. The lowest BCUT2D eigenvalue weighted by molar-refractivity contribution is 0.356. The number of anilines is 1. The molecule has 4 N–H and O–H groups in total. The molecule has 0 spiro atoms. The van der Waals surface area contributed by atoms with Crippen molar-refractivity contribution < 1.29 is 0 Å². The van der Waals surface area contributed by atoms with Gasteiger partial charge in [0.15, 0.2) is 0 Å². The quantitative estimate of drug-likeness (QED) is 0.310. The molecule has 0 aliphatic heterocycles. The van der Waals surface area contributed by atoms with E-state index in [4.69, 9.17) is 5.73 Å². The Morgan fingerprint density at radius 2 is 2.13 bits per heavy atom. The molecule has 1 aromatic carbocycles. The zero-order chi connectivity index (χ0) is 21.8. The van der Waals surface area contributed by atoms with Crippen molar-refractivity contribution in [3.05, 3.63) is 102 Å². The molecular weight excluding hydrogens is 380 g/mol. The third-order valence-electron chi connectivity index (χ3n) is 6.05. The number of pyridine rings is 1. The topological polar surface area (TPSA) is 66.7 Å². The molecule has 3 aromatic rings. The van der Waals surface area contributed by atoms with Crippen molar-refractivity contribution in [2.45, 2.75) is 32.6 Å². The summed E-state index contributed by atoms with van der Waals surface area (Å²) in [7, 11) is 0. The normalized spacial score (nSPS) is 15.0. The highest BCUT2D eigenvalue weighted by Gasteiger charge is 2.20. The number of allylic oxidation sites excluding steroid dienone is 5.